The summed E-state index contributed by atoms with van der Waals surface area (Å²) in [6.07, 6.45) is 0. The Hall–Kier alpha value is -3.90. The van der Waals surface area contributed by atoms with E-state index in [0.29, 0.717) is 10.7 Å². The molecule has 34 heavy (non-hydrogen) atoms. The van der Waals surface area contributed by atoms with Crippen LogP contribution in [0.25, 0.3) is 11.0 Å². The first-order valence-corrected chi connectivity index (χ1v) is 11.5. The fraction of sp³-hybridized carbons (Fsp3) is 0.200. The summed E-state index contributed by atoms with van der Waals surface area (Å²) in [4.78, 5) is 22.3. The van der Waals surface area contributed by atoms with Crippen molar-refractivity contribution in [3.63, 3.8) is 0 Å². The molecule has 0 saturated carbocycles. The summed E-state index contributed by atoms with van der Waals surface area (Å²) in [5, 5.41) is 10.4. The van der Waals surface area contributed by atoms with E-state index in [1.165, 1.54) is 30.0 Å². The van der Waals surface area contributed by atoms with Gasteiger partial charge in [0.05, 0.1) is 40.6 Å². The Bertz CT molecular complexity index is 1380. The van der Waals surface area contributed by atoms with E-state index in [1.54, 1.807) is 13.0 Å². The summed E-state index contributed by atoms with van der Waals surface area (Å²) in [5.41, 5.74) is 8.40. The molecule has 0 bridgehead atoms. The Balaban J connectivity index is 1.79. The van der Waals surface area contributed by atoms with E-state index in [2.05, 4.69) is 9.97 Å². The van der Waals surface area contributed by atoms with Crippen LogP contribution in [0.3, 0.4) is 0 Å². The number of benzene rings is 2. The molecule has 0 unspecified atom stereocenters. The van der Waals surface area contributed by atoms with E-state index < -0.39 is 17.7 Å². The Morgan fingerprint density at radius 2 is 1.88 bits per heavy atom. The maximum atomic E-state index is 14.8. The number of esters is 1. The van der Waals surface area contributed by atoms with E-state index in [9.17, 15) is 14.4 Å². The van der Waals surface area contributed by atoms with Crippen molar-refractivity contribution in [2.75, 3.05) is 12.4 Å². The van der Waals surface area contributed by atoms with Crippen molar-refractivity contribution in [1.29, 1.82) is 5.26 Å². The van der Waals surface area contributed by atoms with Gasteiger partial charge in [0.15, 0.2) is 0 Å². The molecule has 9 heteroatoms. The van der Waals surface area contributed by atoms with Gasteiger partial charge in [-0.3, -0.25) is 0 Å². The molecule has 3 aromatic rings. The molecular weight excluding hydrogens is 455 g/mol. The normalized spacial score (nSPS) is 15.8. The van der Waals surface area contributed by atoms with Crippen LogP contribution in [0, 0.1) is 24.1 Å². The molecule has 4 rings (SSSR count). The number of carbonyl (C=O) groups excluding carboxylic acids is 1. The predicted molar refractivity (Wildman–Crippen MR) is 126 cm³/mol. The number of carbonyl (C=O) groups is 1. The van der Waals surface area contributed by atoms with Gasteiger partial charge in [-0.25, -0.2) is 19.2 Å². The molecule has 0 fully saturated rings. The van der Waals surface area contributed by atoms with Crippen molar-refractivity contribution in [3.05, 3.63) is 88.4 Å². The Kier molecular flexibility index (Phi) is 6.80. The fourth-order valence-electron chi connectivity index (χ4n) is 3.72. The molecule has 1 atom stereocenters. The molecule has 1 aliphatic heterocycles. The standard InChI is InChI=1S/C25H21FN4O3S/c1-3-32-25(31)22-20(13-34-24-14(2)29-18-10-6-7-11-19(18)30-24)33-23(28)16(12-27)21(22)15-8-4-5-9-17(15)26/h4-11,21H,3,13,28H2,1-2H3/t21-/m1/s1. The van der Waals surface area contributed by atoms with Crippen LogP contribution >= 0.6 is 11.8 Å². The number of hydrogen-bond acceptors (Lipinski definition) is 8. The molecule has 1 aliphatic rings. The number of aryl methyl sites for hydroxylation is 1. The van der Waals surface area contributed by atoms with Gasteiger partial charge in [-0.15, -0.1) is 0 Å². The lowest BCUT2D eigenvalue weighted by Crippen LogP contribution is -2.27. The highest BCUT2D eigenvalue weighted by atomic mass is 32.2. The minimum atomic E-state index is -1.06. The van der Waals surface area contributed by atoms with E-state index in [-0.39, 0.29) is 40.7 Å². The van der Waals surface area contributed by atoms with Gasteiger partial charge in [-0.2, -0.15) is 5.26 Å². The first-order chi connectivity index (χ1) is 16.4. The number of aromatic nitrogens is 2. The highest BCUT2D eigenvalue weighted by Crippen LogP contribution is 2.42. The van der Waals surface area contributed by atoms with Gasteiger partial charge in [0.25, 0.3) is 0 Å². The molecule has 0 spiro atoms. The first kappa shape index (κ1) is 23.3. The number of allylic oxidation sites excluding steroid dienone is 1. The third-order valence-electron chi connectivity index (χ3n) is 5.25. The molecule has 0 saturated heterocycles. The zero-order valence-electron chi connectivity index (χ0n) is 18.5. The summed E-state index contributed by atoms with van der Waals surface area (Å²) < 4.78 is 25.8. The second kappa shape index (κ2) is 9.93. The van der Waals surface area contributed by atoms with Gasteiger partial charge in [-0.1, -0.05) is 42.1 Å². The number of ether oxygens (including phenoxy) is 2. The van der Waals surface area contributed by atoms with Crippen LogP contribution in [0.15, 0.2) is 76.3 Å². The second-order valence-electron chi connectivity index (χ2n) is 7.40. The van der Waals surface area contributed by atoms with Crippen molar-refractivity contribution in [2.45, 2.75) is 24.8 Å². The average molecular weight is 477 g/mol. The Morgan fingerprint density at radius 3 is 2.56 bits per heavy atom. The number of fused-ring (bicyclic) bond motifs is 1. The summed E-state index contributed by atoms with van der Waals surface area (Å²) in [7, 11) is 0. The lowest BCUT2D eigenvalue weighted by atomic mass is 9.83. The molecule has 172 valence electrons. The average Bonchev–Trinajstić information content (AvgIpc) is 2.82. The van der Waals surface area contributed by atoms with Gasteiger partial charge in [0.2, 0.25) is 5.88 Å². The first-order valence-electron chi connectivity index (χ1n) is 10.5. The van der Waals surface area contributed by atoms with Crippen molar-refractivity contribution >= 4 is 28.8 Å². The summed E-state index contributed by atoms with van der Waals surface area (Å²) >= 11 is 1.30. The molecule has 0 aliphatic carbocycles. The van der Waals surface area contributed by atoms with Crippen molar-refractivity contribution in [2.24, 2.45) is 5.73 Å². The van der Waals surface area contributed by atoms with Crippen molar-refractivity contribution < 1.29 is 18.7 Å². The summed E-state index contributed by atoms with van der Waals surface area (Å²) in [6.45, 7) is 3.61. The van der Waals surface area contributed by atoms with Gasteiger partial charge >= 0.3 is 5.97 Å². The molecule has 1 aromatic heterocycles. The number of para-hydroxylation sites is 2. The smallest absolute Gasteiger partial charge is 0.338 e. The topological polar surface area (TPSA) is 111 Å². The molecule has 0 radical (unpaired) electrons. The molecule has 2 heterocycles. The highest BCUT2D eigenvalue weighted by molar-refractivity contribution is 7.99. The number of halogens is 1. The van der Waals surface area contributed by atoms with Gasteiger partial charge < -0.3 is 15.2 Å². The number of nitrogens with two attached hydrogens (primary N) is 1. The van der Waals surface area contributed by atoms with Crippen LogP contribution < -0.4 is 5.73 Å². The molecular formula is C25H21FN4O3S. The minimum absolute atomic E-state index is 0.0385. The Labute approximate surface area is 200 Å². The largest absolute Gasteiger partial charge is 0.463 e. The summed E-state index contributed by atoms with van der Waals surface area (Å²) in [6, 6.07) is 15.4. The maximum absolute atomic E-state index is 14.8. The third-order valence-corrected chi connectivity index (χ3v) is 6.32. The van der Waals surface area contributed by atoms with Crippen LogP contribution in [0.5, 0.6) is 0 Å². The zero-order chi connectivity index (χ0) is 24.2. The fourth-order valence-corrected chi connectivity index (χ4v) is 4.62. The monoisotopic (exact) mass is 476 g/mol. The molecule has 2 aromatic carbocycles. The van der Waals surface area contributed by atoms with E-state index in [4.69, 9.17) is 15.2 Å². The van der Waals surface area contributed by atoms with E-state index >= 15 is 0 Å². The quantitative estimate of drug-likeness (QED) is 0.409. The zero-order valence-corrected chi connectivity index (χ0v) is 19.4. The van der Waals surface area contributed by atoms with E-state index in [0.717, 1.165) is 11.0 Å². The van der Waals surface area contributed by atoms with Crippen LogP contribution in [-0.4, -0.2) is 28.3 Å². The van der Waals surface area contributed by atoms with Crippen LogP contribution in [0.2, 0.25) is 0 Å². The number of rotatable bonds is 6. The third kappa shape index (κ3) is 4.45. The van der Waals surface area contributed by atoms with Crippen molar-refractivity contribution in [3.8, 4) is 6.07 Å². The predicted octanol–water partition coefficient (Wildman–Crippen LogP) is 4.49. The van der Waals surface area contributed by atoms with Gasteiger partial charge in [0.1, 0.15) is 28.2 Å². The minimum Gasteiger partial charge on any atom is -0.463 e. The highest BCUT2D eigenvalue weighted by Gasteiger charge is 2.38. The van der Waals surface area contributed by atoms with Crippen LogP contribution in [-0.2, 0) is 14.3 Å². The lowest BCUT2D eigenvalue weighted by Gasteiger charge is -2.28. The number of thioether (sulfide) groups is 1. The lowest BCUT2D eigenvalue weighted by molar-refractivity contribution is -0.139. The summed E-state index contributed by atoms with van der Waals surface area (Å²) in [5.74, 6) is -2.18. The maximum Gasteiger partial charge on any atom is 0.338 e. The molecule has 0 amide bonds. The number of hydrogen-bond donors (Lipinski definition) is 1. The molecule has 2 N–H and O–H groups in total. The van der Waals surface area contributed by atoms with Crippen LogP contribution in [0.1, 0.15) is 24.1 Å². The second-order valence-corrected chi connectivity index (χ2v) is 8.36. The molecule has 7 nitrogen and oxygen atoms in total. The van der Waals surface area contributed by atoms with Crippen molar-refractivity contribution in [1.82, 2.24) is 9.97 Å². The number of nitrogens with zero attached hydrogens (tertiary/aromatic N) is 3. The SMILES string of the molecule is CCOC(=O)C1=C(CSc2nc3ccccc3nc2C)OC(N)=C(C#N)[C@H]1c1ccccc1F. The van der Waals surface area contributed by atoms with Gasteiger partial charge in [-0.05, 0) is 32.0 Å². The number of nitriles is 1. The Morgan fingerprint density at radius 1 is 1.21 bits per heavy atom. The van der Waals surface area contributed by atoms with Gasteiger partial charge in [0, 0.05) is 5.56 Å². The van der Waals surface area contributed by atoms with Crippen LogP contribution in [0.4, 0.5) is 4.39 Å². The van der Waals surface area contributed by atoms with E-state index in [1.807, 2.05) is 37.3 Å².